The second-order valence-corrected chi connectivity index (χ2v) is 5.28. The van der Waals surface area contributed by atoms with E-state index >= 15 is 0 Å². The predicted molar refractivity (Wildman–Crippen MR) is 88.2 cm³/mol. The van der Waals surface area contributed by atoms with Gasteiger partial charge in [0, 0.05) is 23.7 Å². The molecule has 20 heavy (non-hydrogen) atoms. The zero-order valence-corrected chi connectivity index (χ0v) is 12.9. The molecule has 1 heterocycles. The van der Waals surface area contributed by atoms with Crippen LogP contribution in [0.5, 0.6) is 0 Å². The Bertz CT molecular complexity index is 605. The number of fused-ring (bicyclic) bond motifs is 1. The van der Waals surface area contributed by atoms with Crippen LogP contribution in [0.4, 0.5) is 0 Å². The largest absolute Gasteiger partial charge is 0.313 e. The standard InChI is InChI=1S/C17H21ClN2/c1-3-9-19-12-13(4-2)11-14-7-8-16(18)15-6-5-10-20-17(14)15/h5-8,10-11,19H,3-4,9,12H2,1-2H3/b13-11+. The highest BCUT2D eigenvalue weighted by Crippen LogP contribution is 2.26. The molecule has 106 valence electrons. The first kappa shape index (κ1) is 15.0. The average Bonchev–Trinajstić information content (AvgIpc) is 2.49. The van der Waals surface area contributed by atoms with Crippen LogP contribution in [-0.4, -0.2) is 18.1 Å². The van der Waals surface area contributed by atoms with Crippen LogP contribution < -0.4 is 5.32 Å². The van der Waals surface area contributed by atoms with E-state index in [9.17, 15) is 0 Å². The average molecular weight is 289 g/mol. The van der Waals surface area contributed by atoms with Gasteiger partial charge in [0.05, 0.1) is 10.5 Å². The molecule has 0 spiro atoms. The summed E-state index contributed by atoms with van der Waals surface area (Å²) in [6.45, 7) is 6.35. The van der Waals surface area contributed by atoms with Crippen LogP contribution in [-0.2, 0) is 0 Å². The molecule has 0 aliphatic heterocycles. The number of benzene rings is 1. The Hall–Kier alpha value is -1.38. The highest BCUT2D eigenvalue weighted by Gasteiger charge is 2.04. The van der Waals surface area contributed by atoms with Gasteiger partial charge in [0.25, 0.3) is 0 Å². The summed E-state index contributed by atoms with van der Waals surface area (Å²) in [7, 11) is 0. The lowest BCUT2D eigenvalue weighted by Crippen LogP contribution is -2.17. The Morgan fingerprint density at radius 1 is 1.30 bits per heavy atom. The zero-order valence-electron chi connectivity index (χ0n) is 12.1. The SMILES string of the molecule is CCCNC/C(=C/c1ccc(Cl)c2cccnc12)CC. The number of pyridine rings is 1. The lowest BCUT2D eigenvalue weighted by Gasteiger charge is -2.08. The van der Waals surface area contributed by atoms with Crippen LogP contribution in [0.1, 0.15) is 32.3 Å². The van der Waals surface area contributed by atoms with E-state index in [0.717, 1.165) is 47.4 Å². The molecular weight excluding hydrogens is 268 g/mol. The van der Waals surface area contributed by atoms with E-state index in [1.165, 1.54) is 5.57 Å². The van der Waals surface area contributed by atoms with E-state index in [-0.39, 0.29) is 0 Å². The van der Waals surface area contributed by atoms with Gasteiger partial charge in [-0.25, -0.2) is 0 Å². The van der Waals surface area contributed by atoms with Crippen LogP contribution in [0.2, 0.25) is 5.02 Å². The number of rotatable bonds is 6. The van der Waals surface area contributed by atoms with Crippen molar-refractivity contribution in [1.82, 2.24) is 10.3 Å². The van der Waals surface area contributed by atoms with Crippen LogP contribution in [0, 0.1) is 0 Å². The lowest BCUT2D eigenvalue weighted by atomic mass is 10.1. The molecule has 0 aliphatic rings. The van der Waals surface area contributed by atoms with Crippen LogP contribution >= 0.6 is 11.6 Å². The molecule has 1 N–H and O–H groups in total. The Balaban J connectivity index is 2.34. The van der Waals surface area contributed by atoms with E-state index in [1.807, 2.05) is 30.5 Å². The quantitative estimate of drug-likeness (QED) is 0.781. The third-order valence-corrected chi connectivity index (χ3v) is 3.67. The molecule has 0 amide bonds. The summed E-state index contributed by atoms with van der Waals surface area (Å²) in [6, 6.07) is 7.94. The molecule has 1 aromatic heterocycles. The third-order valence-electron chi connectivity index (χ3n) is 3.34. The maximum atomic E-state index is 6.23. The van der Waals surface area contributed by atoms with Crippen molar-refractivity contribution in [1.29, 1.82) is 0 Å². The molecule has 0 bridgehead atoms. The first-order valence-electron chi connectivity index (χ1n) is 7.19. The van der Waals surface area contributed by atoms with Crippen LogP contribution in [0.25, 0.3) is 17.0 Å². The van der Waals surface area contributed by atoms with E-state index < -0.39 is 0 Å². The van der Waals surface area contributed by atoms with Gasteiger partial charge < -0.3 is 5.32 Å². The van der Waals surface area contributed by atoms with Gasteiger partial charge in [-0.2, -0.15) is 0 Å². The van der Waals surface area contributed by atoms with Gasteiger partial charge in [0.15, 0.2) is 0 Å². The molecule has 2 aromatic rings. The number of hydrogen-bond acceptors (Lipinski definition) is 2. The van der Waals surface area contributed by atoms with Crippen molar-refractivity contribution in [2.24, 2.45) is 0 Å². The van der Waals surface area contributed by atoms with E-state index in [4.69, 9.17) is 11.6 Å². The normalized spacial score (nSPS) is 12.1. The lowest BCUT2D eigenvalue weighted by molar-refractivity contribution is 0.706. The van der Waals surface area contributed by atoms with Gasteiger partial charge in [-0.15, -0.1) is 0 Å². The first-order chi connectivity index (χ1) is 9.76. The molecule has 1 aromatic carbocycles. The molecule has 0 atom stereocenters. The molecule has 3 heteroatoms. The molecule has 0 radical (unpaired) electrons. The number of halogens is 1. The predicted octanol–water partition coefficient (Wildman–Crippen LogP) is 4.68. The zero-order chi connectivity index (χ0) is 14.4. The summed E-state index contributed by atoms with van der Waals surface area (Å²) in [5.74, 6) is 0. The summed E-state index contributed by atoms with van der Waals surface area (Å²) in [6.07, 6.45) is 6.24. The smallest absolute Gasteiger partial charge is 0.0789 e. The van der Waals surface area contributed by atoms with Gasteiger partial charge >= 0.3 is 0 Å². The molecular formula is C17H21ClN2. The monoisotopic (exact) mass is 288 g/mol. The summed E-state index contributed by atoms with van der Waals surface area (Å²) in [5, 5.41) is 5.22. The number of nitrogens with one attached hydrogen (secondary N) is 1. The first-order valence-corrected chi connectivity index (χ1v) is 7.57. The van der Waals surface area contributed by atoms with Crippen molar-refractivity contribution in [3.8, 4) is 0 Å². The molecule has 0 fully saturated rings. The summed E-state index contributed by atoms with van der Waals surface area (Å²) >= 11 is 6.23. The fourth-order valence-electron chi connectivity index (χ4n) is 2.20. The number of aromatic nitrogens is 1. The molecule has 2 rings (SSSR count). The fourth-order valence-corrected chi connectivity index (χ4v) is 2.42. The van der Waals surface area contributed by atoms with Gasteiger partial charge in [-0.05, 0) is 37.6 Å². The second kappa shape index (κ2) is 7.41. The Labute approximate surface area is 125 Å². The fraction of sp³-hybridized carbons (Fsp3) is 0.353. The van der Waals surface area contributed by atoms with Gasteiger partial charge in [-0.1, -0.05) is 43.2 Å². The van der Waals surface area contributed by atoms with Crippen molar-refractivity contribution < 1.29 is 0 Å². The maximum absolute atomic E-state index is 6.23. The Morgan fingerprint density at radius 2 is 2.15 bits per heavy atom. The number of nitrogens with zero attached hydrogens (tertiary/aromatic N) is 1. The molecule has 0 saturated heterocycles. The second-order valence-electron chi connectivity index (χ2n) is 4.87. The molecule has 0 unspecified atom stereocenters. The van der Waals surface area contributed by atoms with Crippen LogP contribution in [0.3, 0.4) is 0 Å². The molecule has 0 aliphatic carbocycles. The maximum Gasteiger partial charge on any atom is 0.0789 e. The minimum atomic E-state index is 0.757. The van der Waals surface area contributed by atoms with Crippen molar-refractivity contribution in [2.75, 3.05) is 13.1 Å². The summed E-state index contributed by atoms with van der Waals surface area (Å²) in [5.41, 5.74) is 3.49. The van der Waals surface area contributed by atoms with E-state index in [0.29, 0.717) is 0 Å². The Morgan fingerprint density at radius 3 is 2.90 bits per heavy atom. The van der Waals surface area contributed by atoms with Crippen molar-refractivity contribution in [2.45, 2.75) is 26.7 Å². The van der Waals surface area contributed by atoms with Crippen molar-refractivity contribution in [3.63, 3.8) is 0 Å². The molecule has 0 saturated carbocycles. The number of hydrogen-bond donors (Lipinski definition) is 1. The van der Waals surface area contributed by atoms with Crippen molar-refractivity contribution >= 4 is 28.6 Å². The van der Waals surface area contributed by atoms with Gasteiger partial charge in [0.2, 0.25) is 0 Å². The van der Waals surface area contributed by atoms with Gasteiger partial charge in [0.1, 0.15) is 0 Å². The third kappa shape index (κ3) is 3.59. The van der Waals surface area contributed by atoms with Gasteiger partial charge in [-0.3, -0.25) is 4.98 Å². The topological polar surface area (TPSA) is 24.9 Å². The van der Waals surface area contributed by atoms with Crippen LogP contribution in [0.15, 0.2) is 36.0 Å². The minimum Gasteiger partial charge on any atom is -0.313 e. The summed E-state index contributed by atoms with van der Waals surface area (Å²) < 4.78 is 0. The Kier molecular flexibility index (Phi) is 5.57. The summed E-state index contributed by atoms with van der Waals surface area (Å²) in [4.78, 5) is 4.48. The minimum absolute atomic E-state index is 0.757. The van der Waals surface area contributed by atoms with E-state index in [2.05, 4.69) is 30.2 Å². The highest BCUT2D eigenvalue weighted by atomic mass is 35.5. The van der Waals surface area contributed by atoms with Crippen molar-refractivity contribution in [3.05, 3.63) is 46.6 Å². The highest BCUT2D eigenvalue weighted by molar-refractivity contribution is 6.35. The molecule has 2 nitrogen and oxygen atoms in total. The van der Waals surface area contributed by atoms with E-state index in [1.54, 1.807) is 0 Å².